The fraction of sp³-hybridized carbons (Fsp3) is 0.600. The second kappa shape index (κ2) is 15.6. The molecule has 0 aromatic heterocycles. The van der Waals surface area contributed by atoms with Crippen molar-refractivity contribution in [2.24, 2.45) is 10.2 Å². The Labute approximate surface area is 221 Å². The molecule has 0 atom stereocenters. The van der Waals surface area contributed by atoms with Crippen molar-refractivity contribution in [2.45, 2.75) is 51.4 Å². The van der Waals surface area contributed by atoms with Crippen LogP contribution in [0.3, 0.4) is 0 Å². The molecule has 0 fully saturated rings. The van der Waals surface area contributed by atoms with Crippen molar-refractivity contribution in [3.8, 4) is 0 Å². The zero-order chi connectivity index (χ0) is 26.3. The van der Waals surface area contributed by atoms with Gasteiger partial charge in [0.05, 0.1) is 66.8 Å². The molecule has 0 heterocycles. The van der Waals surface area contributed by atoms with E-state index in [2.05, 4.69) is 87.4 Å². The Balaban J connectivity index is 1.61. The lowest BCUT2D eigenvalue weighted by Crippen LogP contribution is -2.35. The molecule has 0 aliphatic carbocycles. The van der Waals surface area contributed by atoms with E-state index in [1.807, 2.05) is 24.3 Å². The summed E-state index contributed by atoms with van der Waals surface area (Å²) < 4.78 is 2.12. The predicted octanol–water partition coefficient (Wildman–Crippen LogP) is 7.46. The minimum absolute atomic E-state index is 0.869. The van der Waals surface area contributed by atoms with Crippen molar-refractivity contribution in [1.82, 2.24) is 0 Å². The molecular formula is C30H52N6+2. The highest BCUT2D eigenvalue weighted by molar-refractivity contribution is 5.52. The first kappa shape index (κ1) is 29.8. The van der Waals surface area contributed by atoms with Crippen LogP contribution in [0, 0.1) is 0 Å². The second-order valence-electron chi connectivity index (χ2n) is 12.0. The number of azo groups is 1. The Morgan fingerprint density at radius 3 is 1.14 bits per heavy atom. The minimum atomic E-state index is 0.869. The number of nitrogens with one attached hydrogen (secondary N) is 2. The van der Waals surface area contributed by atoms with Gasteiger partial charge in [-0.25, -0.2) is 0 Å². The van der Waals surface area contributed by atoms with Gasteiger partial charge in [-0.05, 0) is 87.1 Å². The van der Waals surface area contributed by atoms with Gasteiger partial charge in [0.1, 0.15) is 0 Å². The number of nitrogens with zero attached hydrogens (tertiary/aromatic N) is 4. The summed E-state index contributed by atoms with van der Waals surface area (Å²) >= 11 is 0. The van der Waals surface area contributed by atoms with E-state index in [-0.39, 0.29) is 0 Å². The lowest BCUT2D eigenvalue weighted by Gasteiger charge is -2.23. The van der Waals surface area contributed by atoms with E-state index in [0.717, 1.165) is 44.8 Å². The molecule has 2 N–H and O–H groups in total. The summed E-state index contributed by atoms with van der Waals surface area (Å²) in [4.78, 5) is 0. The van der Waals surface area contributed by atoms with Crippen LogP contribution in [0.4, 0.5) is 22.7 Å². The van der Waals surface area contributed by atoms with Gasteiger partial charge in [-0.1, -0.05) is 12.8 Å². The summed E-state index contributed by atoms with van der Waals surface area (Å²) in [6.45, 7) is 4.54. The van der Waals surface area contributed by atoms with Gasteiger partial charge >= 0.3 is 0 Å². The van der Waals surface area contributed by atoms with Gasteiger partial charge in [0.15, 0.2) is 0 Å². The molecule has 0 aliphatic rings. The van der Waals surface area contributed by atoms with Crippen molar-refractivity contribution in [2.75, 3.05) is 79.1 Å². The van der Waals surface area contributed by atoms with E-state index in [9.17, 15) is 0 Å². The van der Waals surface area contributed by atoms with E-state index in [1.165, 1.54) is 64.5 Å². The Morgan fingerprint density at radius 1 is 0.472 bits per heavy atom. The number of rotatable bonds is 18. The highest BCUT2D eigenvalue weighted by atomic mass is 15.3. The quantitative estimate of drug-likeness (QED) is 0.128. The molecule has 0 bridgehead atoms. The molecular weight excluding hydrogens is 444 g/mol. The van der Waals surface area contributed by atoms with Gasteiger partial charge in [-0.15, -0.1) is 0 Å². The standard InChI is InChI=1S/C30H52N6/c1-35(2,3)25-13-9-7-11-23-31-27-15-19-29(20-16-27)33-34-30-21-17-28(18-22-30)32-24-12-8-10-14-26-36(4,5)6/h15-22,31-32H,7-14,23-26H2,1-6H3/q+2. The van der Waals surface area contributed by atoms with Crippen molar-refractivity contribution >= 4 is 22.7 Å². The molecule has 6 heteroatoms. The van der Waals surface area contributed by atoms with Gasteiger partial charge < -0.3 is 19.6 Å². The highest BCUT2D eigenvalue weighted by Gasteiger charge is 2.06. The topological polar surface area (TPSA) is 48.8 Å². The summed E-state index contributed by atoms with van der Waals surface area (Å²) in [6, 6.07) is 16.4. The molecule has 0 spiro atoms. The van der Waals surface area contributed by atoms with E-state index >= 15 is 0 Å². The number of anilines is 2. The van der Waals surface area contributed by atoms with Crippen LogP contribution in [-0.2, 0) is 0 Å². The summed E-state index contributed by atoms with van der Waals surface area (Å²) in [5.41, 5.74) is 4.02. The number of hydrogen-bond acceptors (Lipinski definition) is 4. The van der Waals surface area contributed by atoms with Crippen LogP contribution < -0.4 is 10.6 Å². The predicted molar refractivity (Wildman–Crippen MR) is 157 cm³/mol. The summed E-state index contributed by atoms with van der Waals surface area (Å²) in [6.07, 6.45) is 10.2. The number of hydrogen-bond donors (Lipinski definition) is 2. The van der Waals surface area contributed by atoms with E-state index in [0.29, 0.717) is 0 Å². The van der Waals surface area contributed by atoms with Gasteiger partial charge in [0.2, 0.25) is 0 Å². The number of benzene rings is 2. The average Bonchev–Trinajstić information content (AvgIpc) is 2.81. The monoisotopic (exact) mass is 496 g/mol. The highest BCUT2D eigenvalue weighted by Crippen LogP contribution is 2.22. The Kier molecular flexibility index (Phi) is 12.9. The van der Waals surface area contributed by atoms with Crippen LogP contribution in [0.1, 0.15) is 51.4 Å². The molecule has 0 amide bonds. The van der Waals surface area contributed by atoms with Crippen LogP contribution in [0.15, 0.2) is 58.8 Å². The maximum absolute atomic E-state index is 4.39. The summed E-state index contributed by atoms with van der Waals surface area (Å²) in [5.74, 6) is 0. The van der Waals surface area contributed by atoms with Crippen molar-refractivity contribution in [3.63, 3.8) is 0 Å². The molecule has 0 radical (unpaired) electrons. The van der Waals surface area contributed by atoms with Gasteiger partial charge in [0.25, 0.3) is 0 Å². The number of unbranched alkanes of at least 4 members (excludes halogenated alkanes) is 6. The maximum Gasteiger partial charge on any atom is 0.0858 e. The molecule has 6 nitrogen and oxygen atoms in total. The maximum atomic E-state index is 4.39. The first-order valence-electron chi connectivity index (χ1n) is 13.8. The van der Waals surface area contributed by atoms with Crippen molar-refractivity contribution in [1.29, 1.82) is 0 Å². The summed E-state index contributed by atoms with van der Waals surface area (Å²) in [5, 5.41) is 15.8. The fourth-order valence-electron chi connectivity index (χ4n) is 4.00. The third kappa shape index (κ3) is 14.8. The zero-order valence-corrected chi connectivity index (χ0v) is 23.9. The molecule has 2 rings (SSSR count). The molecule has 0 aliphatic heterocycles. The summed E-state index contributed by atoms with van der Waals surface area (Å²) in [7, 11) is 13.6. The third-order valence-electron chi connectivity index (χ3n) is 6.19. The van der Waals surface area contributed by atoms with E-state index < -0.39 is 0 Å². The Hall–Kier alpha value is -2.44. The second-order valence-corrected chi connectivity index (χ2v) is 12.0. The Bertz CT molecular complexity index is 787. The van der Waals surface area contributed by atoms with Crippen LogP contribution in [0.2, 0.25) is 0 Å². The lowest BCUT2D eigenvalue weighted by atomic mass is 10.2. The minimum Gasteiger partial charge on any atom is -0.385 e. The zero-order valence-electron chi connectivity index (χ0n) is 23.9. The first-order valence-corrected chi connectivity index (χ1v) is 13.8. The molecule has 36 heavy (non-hydrogen) atoms. The fourth-order valence-corrected chi connectivity index (χ4v) is 4.00. The van der Waals surface area contributed by atoms with Crippen LogP contribution >= 0.6 is 0 Å². The van der Waals surface area contributed by atoms with Crippen molar-refractivity contribution in [3.05, 3.63) is 48.5 Å². The van der Waals surface area contributed by atoms with Gasteiger partial charge in [-0.2, -0.15) is 10.2 Å². The van der Waals surface area contributed by atoms with Crippen LogP contribution in [-0.4, -0.2) is 77.4 Å². The third-order valence-corrected chi connectivity index (χ3v) is 6.19. The molecule has 2 aromatic rings. The van der Waals surface area contributed by atoms with Gasteiger partial charge in [-0.3, -0.25) is 0 Å². The molecule has 0 unspecified atom stereocenters. The SMILES string of the molecule is C[N+](C)(C)CCCCCCNc1ccc(N=Nc2ccc(NCCCCCC[N+](C)(C)C)cc2)cc1. The molecule has 0 saturated carbocycles. The van der Waals surface area contributed by atoms with E-state index in [4.69, 9.17) is 0 Å². The van der Waals surface area contributed by atoms with Crippen LogP contribution in [0.5, 0.6) is 0 Å². The lowest BCUT2D eigenvalue weighted by molar-refractivity contribution is -0.870. The smallest absolute Gasteiger partial charge is 0.0858 e. The normalized spacial score (nSPS) is 12.3. The van der Waals surface area contributed by atoms with Crippen molar-refractivity contribution < 1.29 is 8.97 Å². The molecule has 0 saturated heterocycles. The van der Waals surface area contributed by atoms with Gasteiger partial charge in [0, 0.05) is 24.5 Å². The Morgan fingerprint density at radius 2 is 0.806 bits per heavy atom. The van der Waals surface area contributed by atoms with E-state index in [1.54, 1.807) is 0 Å². The average molecular weight is 497 g/mol. The first-order chi connectivity index (χ1) is 17.1. The largest absolute Gasteiger partial charge is 0.385 e. The molecule has 2 aromatic carbocycles. The molecule has 200 valence electrons. The van der Waals surface area contributed by atoms with Crippen LogP contribution in [0.25, 0.3) is 0 Å². The number of quaternary nitrogens is 2.